The third-order valence-corrected chi connectivity index (χ3v) is 4.68. The van der Waals surface area contributed by atoms with Crippen molar-refractivity contribution < 1.29 is 24.2 Å². The second-order valence-corrected chi connectivity index (χ2v) is 6.77. The Bertz CT molecular complexity index is 575. The van der Waals surface area contributed by atoms with Crippen molar-refractivity contribution in [1.82, 2.24) is 9.80 Å². The molecule has 1 saturated heterocycles. The van der Waals surface area contributed by atoms with Crippen molar-refractivity contribution >= 4 is 29.0 Å². The molecule has 1 atom stereocenters. The van der Waals surface area contributed by atoms with Crippen LogP contribution in [-0.2, 0) is 14.3 Å². The van der Waals surface area contributed by atoms with E-state index in [1.165, 1.54) is 11.3 Å². The van der Waals surface area contributed by atoms with E-state index in [0.29, 0.717) is 31.1 Å². The molecule has 0 bridgehead atoms. The van der Waals surface area contributed by atoms with Crippen LogP contribution in [0.25, 0.3) is 0 Å². The highest BCUT2D eigenvalue weighted by Crippen LogP contribution is 2.14. The minimum Gasteiger partial charge on any atom is -0.480 e. The Labute approximate surface area is 144 Å². The zero-order chi connectivity index (χ0) is 17.5. The molecule has 0 spiro atoms. The summed E-state index contributed by atoms with van der Waals surface area (Å²) < 4.78 is 5.60. The van der Waals surface area contributed by atoms with Gasteiger partial charge >= 0.3 is 5.97 Å². The van der Waals surface area contributed by atoms with Crippen molar-refractivity contribution in [2.75, 3.05) is 39.8 Å². The molecule has 132 valence electrons. The number of thiophene rings is 1. The van der Waals surface area contributed by atoms with E-state index in [0.717, 1.165) is 0 Å². The molecular weight excluding hydrogens is 332 g/mol. The Morgan fingerprint density at radius 2 is 2.21 bits per heavy atom. The van der Waals surface area contributed by atoms with E-state index < -0.39 is 5.97 Å². The average Bonchev–Trinajstić information content (AvgIpc) is 3.06. The number of morpholine rings is 1. The molecule has 1 aliphatic rings. The number of carbonyl (C=O) groups excluding carboxylic acids is 2. The van der Waals surface area contributed by atoms with Gasteiger partial charge in [-0.2, -0.15) is 0 Å². The highest BCUT2D eigenvalue weighted by molar-refractivity contribution is 7.12. The molecule has 1 aliphatic heterocycles. The minimum absolute atomic E-state index is 0.00986. The van der Waals surface area contributed by atoms with Gasteiger partial charge in [0.25, 0.3) is 0 Å². The van der Waals surface area contributed by atoms with Gasteiger partial charge in [0, 0.05) is 32.5 Å². The van der Waals surface area contributed by atoms with Gasteiger partial charge in [0.05, 0.1) is 24.1 Å². The number of carboxylic acids is 1. The molecule has 2 rings (SSSR count). The first-order chi connectivity index (χ1) is 11.5. The summed E-state index contributed by atoms with van der Waals surface area (Å²) in [5.74, 6) is -0.966. The second-order valence-electron chi connectivity index (χ2n) is 5.82. The molecule has 1 fully saturated rings. The fraction of sp³-hybridized carbons (Fsp3) is 0.562. The number of Topliss-reactive ketones (excluding diaryl/α,β-unsaturated/α-hetero) is 1. The number of amides is 1. The summed E-state index contributed by atoms with van der Waals surface area (Å²) in [4.78, 5) is 39.0. The molecule has 7 nitrogen and oxygen atoms in total. The van der Waals surface area contributed by atoms with E-state index >= 15 is 0 Å². The topological polar surface area (TPSA) is 87.2 Å². The van der Waals surface area contributed by atoms with Gasteiger partial charge in [-0.05, 0) is 18.5 Å². The molecule has 0 saturated carbocycles. The Morgan fingerprint density at radius 3 is 2.88 bits per heavy atom. The Morgan fingerprint density at radius 1 is 1.42 bits per heavy atom. The number of aliphatic carboxylic acids is 1. The zero-order valence-electron chi connectivity index (χ0n) is 13.6. The number of ketones is 1. The van der Waals surface area contributed by atoms with Crippen LogP contribution in [0.3, 0.4) is 0 Å². The Balaban J connectivity index is 1.77. The highest BCUT2D eigenvalue weighted by Gasteiger charge is 2.25. The SMILES string of the molecule is CN(CC(=O)O)CC1CN(C(=O)CCC(=O)c2cccs2)CCO1. The summed E-state index contributed by atoms with van der Waals surface area (Å²) in [6.07, 6.45) is 0.189. The molecule has 24 heavy (non-hydrogen) atoms. The standard InChI is InChI=1S/C16H22N2O5S/c1-17(11-16(21)22)9-12-10-18(6-7-23-12)15(20)5-4-13(19)14-3-2-8-24-14/h2-3,8,12H,4-7,9-11H2,1H3,(H,21,22). The summed E-state index contributed by atoms with van der Waals surface area (Å²) in [6, 6.07) is 3.58. The summed E-state index contributed by atoms with van der Waals surface area (Å²) >= 11 is 1.38. The molecule has 1 amide bonds. The smallest absolute Gasteiger partial charge is 0.317 e. The first kappa shape index (κ1) is 18.6. The van der Waals surface area contributed by atoms with Crippen molar-refractivity contribution in [1.29, 1.82) is 0 Å². The number of rotatable bonds is 8. The van der Waals surface area contributed by atoms with Crippen molar-refractivity contribution in [3.63, 3.8) is 0 Å². The van der Waals surface area contributed by atoms with Crippen LogP contribution in [0.1, 0.15) is 22.5 Å². The minimum atomic E-state index is -0.895. The predicted molar refractivity (Wildman–Crippen MR) is 89.3 cm³/mol. The van der Waals surface area contributed by atoms with Crippen molar-refractivity contribution in [3.8, 4) is 0 Å². The lowest BCUT2D eigenvalue weighted by molar-refractivity contribution is -0.142. The molecule has 1 N–H and O–H groups in total. The van der Waals surface area contributed by atoms with Gasteiger partial charge in [-0.15, -0.1) is 11.3 Å². The summed E-state index contributed by atoms with van der Waals surface area (Å²) in [5.41, 5.74) is 0. The lowest BCUT2D eigenvalue weighted by Crippen LogP contribution is -2.49. The van der Waals surface area contributed by atoms with Crippen LogP contribution >= 0.6 is 11.3 Å². The zero-order valence-corrected chi connectivity index (χ0v) is 14.5. The van der Waals surface area contributed by atoms with Gasteiger partial charge in [-0.3, -0.25) is 19.3 Å². The normalized spacial score (nSPS) is 17.9. The molecule has 0 aromatic carbocycles. The van der Waals surface area contributed by atoms with Crippen LogP contribution in [-0.4, -0.2) is 78.5 Å². The van der Waals surface area contributed by atoms with Gasteiger partial charge in [0.15, 0.2) is 5.78 Å². The van der Waals surface area contributed by atoms with E-state index in [9.17, 15) is 14.4 Å². The number of hydrogen-bond donors (Lipinski definition) is 1. The average molecular weight is 354 g/mol. The van der Waals surface area contributed by atoms with Crippen LogP contribution in [0.4, 0.5) is 0 Å². The largest absolute Gasteiger partial charge is 0.480 e. The van der Waals surface area contributed by atoms with Crippen LogP contribution in [0.15, 0.2) is 17.5 Å². The number of hydrogen-bond acceptors (Lipinski definition) is 6. The predicted octanol–water partition coefficient (Wildman–Crippen LogP) is 0.955. The number of carboxylic acid groups (broad SMARTS) is 1. The van der Waals surface area contributed by atoms with Gasteiger partial charge in [-0.1, -0.05) is 6.07 Å². The lowest BCUT2D eigenvalue weighted by Gasteiger charge is -2.34. The highest BCUT2D eigenvalue weighted by atomic mass is 32.1. The monoisotopic (exact) mass is 354 g/mol. The van der Waals surface area contributed by atoms with Crippen molar-refractivity contribution in [2.45, 2.75) is 18.9 Å². The van der Waals surface area contributed by atoms with E-state index in [1.54, 1.807) is 22.9 Å². The first-order valence-electron chi connectivity index (χ1n) is 7.82. The van der Waals surface area contributed by atoms with Crippen LogP contribution in [0.2, 0.25) is 0 Å². The van der Waals surface area contributed by atoms with E-state index in [1.807, 2.05) is 11.4 Å². The first-order valence-corrected chi connectivity index (χ1v) is 8.70. The molecule has 0 aliphatic carbocycles. The lowest BCUT2D eigenvalue weighted by atomic mass is 10.1. The molecule has 1 aromatic rings. The number of ether oxygens (including phenoxy) is 1. The van der Waals surface area contributed by atoms with Gasteiger partial charge in [-0.25, -0.2) is 0 Å². The third-order valence-electron chi connectivity index (χ3n) is 3.77. The fourth-order valence-corrected chi connectivity index (χ4v) is 3.33. The maximum atomic E-state index is 12.3. The molecular formula is C16H22N2O5S. The van der Waals surface area contributed by atoms with E-state index in [4.69, 9.17) is 9.84 Å². The summed E-state index contributed by atoms with van der Waals surface area (Å²) in [7, 11) is 1.71. The quantitative estimate of drug-likeness (QED) is 0.700. The van der Waals surface area contributed by atoms with Crippen LogP contribution < -0.4 is 0 Å². The Hall–Kier alpha value is -1.77. The van der Waals surface area contributed by atoms with Crippen molar-refractivity contribution in [3.05, 3.63) is 22.4 Å². The van der Waals surface area contributed by atoms with Crippen molar-refractivity contribution in [2.24, 2.45) is 0 Å². The number of likely N-dealkylation sites (N-methyl/N-ethyl adjacent to an activating group) is 1. The van der Waals surface area contributed by atoms with E-state index in [2.05, 4.69) is 0 Å². The van der Waals surface area contributed by atoms with Gasteiger partial charge < -0.3 is 14.7 Å². The fourth-order valence-electron chi connectivity index (χ4n) is 2.64. The third kappa shape index (κ3) is 5.70. The second kappa shape index (κ2) is 8.91. The summed E-state index contributed by atoms with van der Waals surface area (Å²) in [6.45, 7) is 1.74. The number of nitrogens with zero attached hydrogens (tertiary/aromatic N) is 2. The molecule has 8 heteroatoms. The maximum absolute atomic E-state index is 12.3. The van der Waals surface area contributed by atoms with Crippen LogP contribution in [0, 0.1) is 0 Å². The van der Waals surface area contributed by atoms with Crippen LogP contribution in [0.5, 0.6) is 0 Å². The number of carbonyl (C=O) groups is 3. The van der Waals surface area contributed by atoms with Gasteiger partial charge in [0.2, 0.25) is 5.91 Å². The molecule has 1 aromatic heterocycles. The summed E-state index contributed by atoms with van der Waals surface area (Å²) in [5, 5.41) is 10.6. The van der Waals surface area contributed by atoms with Gasteiger partial charge in [0.1, 0.15) is 0 Å². The molecule has 0 radical (unpaired) electrons. The molecule has 2 heterocycles. The molecule has 1 unspecified atom stereocenters. The maximum Gasteiger partial charge on any atom is 0.317 e. The Kier molecular flexibility index (Phi) is 6.89. The van der Waals surface area contributed by atoms with E-state index in [-0.39, 0.29) is 37.2 Å².